The Balaban J connectivity index is 2.01. The van der Waals surface area contributed by atoms with Gasteiger partial charge in [0.05, 0.1) is 17.5 Å². The number of nitrogen functional groups attached to an aromatic ring is 1. The Labute approximate surface area is 108 Å². The van der Waals surface area contributed by atoms with Gasteiger partial charge in [-0.05, 0) is 31.2 Å². The maximum absolute atomic E-state index is 9.57. The molecule has 0 unspecified atom stereocenters. The average molecular weight is 257 g/mol. The van der Waals surface area contributed by atoms with Crippen LogP contribution in [0.4, 0.5) is 5.69 Å². The maximum Gasteiger partial charge on any atom is 0.258 e. The maximum atomic E-state index is 9.57. The second kappa shape index (κ2) is 4.16. The van der Waals surface area contributed by atoms with Crippen LogP contribution >= 0.6 is 0 Å². The standard InChI is InChI=1S/C13H11N3O3/c1-7-9(4-5-18-7)12-15-13(19-16-12)8-2-3-10(14)11(17)6-8/h2-6,17H,14H2,1H3. The summed E-state index contributed by atoms with van der Waals surface area (Å²) in [6.45, 7) is 1.82. The molecule has 0 aliphatic carbocycles. The minimum Gasteiger partial charge on any atom is -0.506 e. The number of aromatic hydroxyl groups is 1. The van der Waals surface area contributed by atoms with E-state index in [-0.39, 0.29) is 5.75 Å². The summed E-state index contributed by atoms with van der Waals surface area (Å²) in [5, 5.41) is 13.5. The molecule has 0 atom stereocenters. The van der Waals surface area contributed by atoms with Crippen molar-refractivity contribution in [3.8, 4) is 28.6 Å². The molecule has 0 bridgehead atoms. The largest absolute Gasteiger partial charge is 0.506 e. The Morgan fingerprint density at radius 2 is 2.11 bits per heavy atom. The van der Waals surface area contributed by atoms with Gasteiger partial charge in [-0.3, -0.25) is 0 Å². The van der Waals surface area contributed by atoms with Crippen LogP contribution in [0.5, 0.6) is 5.75 Å². The molecule has 2 aromatic heterocycles. The Bertz CT molecular complexity index is 730. The molecule has 96 valence electrons. The number of benzene rings is 1. The monoisotopic (exact) mass is 257 g/mol. The van der Waals surface area contributed by atoms with Gasteiger partial charge in [0.15, 0.2) is 0 Å². The molecule has 6 heteroatoms. The summed E-state index contributed by atoms with van der Waals surface area (Å²) in [5.74, 6) is 1.45. The fraction of sp³-hybridized carbons (Fsp3) is 0.0769. The lowest BCUT2D eigenvalue weighted by atomic mass is 10.2. The van der Waals surface area contributed by atoms with E-state index in [2.05, 4.69) is 10.1 Å². The van der Waals surface area contributed by atoms with Gasteiger partial charge in [-0.25, -0.2) is 0 Å². The highest BCUT2D eigenvalue weighted by molar-refractivity contribution is 5.66. The summed E-state index contributed by atoms with van der Waals surface area (Å²) in [6.07, 6.45) is 1.57. The van der Waals surface area contributed by atoms with Crippen LogP contribution in [0.3, 0.4) is 0 Å². The zero-order valence-corrected chi connectivity index (χ0v) is 10.1. The van der Waals surface area contributed by atoms with E-state index in [1.807, 2.05) is 6.92 Å². The number of nitrogens with two attached hydrogens (primary N) is 1. The number of furan rings is 1. The van der Waals surface area contributed by atoms with Crippen LogP contribution in [0.15, 0.2) is 39.5 Å². The van der Waals surface area contributed by atoms with E-state index in [0.717, 1.165) is 5.56 Å². The molecule has 3 N–H and O–H groups in total. The summed E-state index contributed by atoms with van der Waals surface area (Å²) in [4.78, 5) is 4.26. The highest BCUT2D eigenvalue weighted by Gasteiger charge is 2.14. The predicted molar refractivity (Wildman–Crippen MR) is 68.3 cm³/mol. The van der Waals surface area contributed by atoms with Gasteiger partial charge >= 0.3 is 0 Å². The van der Waals surface area contributed by atoms with E-state index in [9.17, 15) is 5.11 Å². The van der Waals surface area contributed by atoms with Crippen LogP contribution in [0.2, 0.25) is 0 Å². The zero-order chi connectivity index (χ0) is 13.4. The van der Waals surface area contributed by atoms with Crippen LogP contribution < -0.4 is 5.73 Å². The van der Waals surface area contributed by atoms with Crippen molar-refractivity contribution in [2.45, 2.75) is 6.92 Å². The van der Waals surface area contributed by atoms with Gasteiger partial charge in [-0.1, -0.05) is 5.16 Å². The molecule has 0 saturated carbocycles. The number of phenolic OH excluding ortho intramolecular Hbond substituents is 1. The molecule has 2 heterocycles. The molecule has 0 saturated heterocycles. The normalized spacial score (nSPS) is 10.8. The van der Waals surface area contributed by atoms with Crippen molar-refractivity contribution in [2.24, 2.45) is 0 Å². The van der Waals surface area contributed by atoms with Crippen molar-refractivity contribution in [3.63, 3.8) is 0 Å². The van der Waals surface area contributed by atoms with Crippen LogP contribution in [0.1, 0.15) is 5.76 Å². The second-order valence-electron chi connectivity index (χ2n) is 4.09. The highest BCUT2D eigenvalue weighted by atomic mass is 16.5. The molecule has 0 aliphatic heterocycles. The van der Waals surface area contributed by atoms with Gasteiger partial charge in [0.1, 0.15) is 11.5 Å². The van der Waals surface area contributed by atoms with Crippen LogP contribution in [0, 0.1) is 6.92 Å². The first kappa shape index (κ1) is 11.3. The molecular weight excluding hydrogens is 246 g/mol. The molecule has 3 aromatic rings. The van der Waals surface area contributed by atoms with Crippen LogP contribution in [0.25, 0.3) is 22.8 Å². The van der Waals surface area contributed by atoms with Gasteiger partial charge < -0.3 is 19.8 Å². The fourth-order valence-electron chi connectivity index (χ4n) is 1.74. The van der Waals surface area contributed by atoms with Crippen molar-refractivity contribution in [1.29, 1.82) is 0 Å². The van der Waals surface area contributed by atoms with Gasteiger partial charge in [-0.15, -0.1) is 0 Å². The van der Waals surface area contributed by atoms with Crippen LogP contribution in [-0.2, 0) is 0 Å². The number of phenols is 1. The highest BCUT2D eigenvalue weighted by Crippen LogP contribution is 2.29. The molecule has 1 aromatic carbocycles. The minimum absolute atomic E-state index is 0.0169. The lowest BCUT2D eigenvalue weighted by Crippen LogP contribution is -1.86. The number of hydrogen-bond acceptors (Lipinski definition) is 6. The van der Waals surface area contributed by atoms with Crippen molar-refractivity contribution < 1.29 is 14.0 Å². The Morgan fingerprint density at radius 3 is 2.79 bits per heavy atom. The van der Waals surface area contributed by atoms with Gasteiger partial charge in [-0.2, -0.15) is 4.98 Å². The van der Waals surface area contributed by atoms with E-state index in [4.69, 9.17) is 14.7 Å². The Hall–Kier alpha value is -2.76. The van der Waals surface area contributed by atoms with Crippen LogP contribution in [-0.4, -0.2) is 15.2 Å². The fourth-order valence-corrected chi connectivity index (χ4v) is 1.74. The van der Waals surface area contributed by atoms with Crippen molar-refractivity contribution >= 4 is 5.69 Å². The SMILES string of the molecule is Cc1occc1-c1noc(-c2ccc(N)c(O)c2)n1. The molecule has 6 nitrogen and oxygen atoms in total. The first-order valence-corrected chi connectivity index (χ1v) is 5.62. The zero-order valence-electron chi connectivity index (χ0n) is 10.1. The molecule has 0 radical (unpaired) electrons. The van der Waals surface area contributed by atoms with Gasteiger partial charge in [0, 0.05) is 5.56 Å². The smallest absolute Gasteiger partial charge is 0.258 e. The molecule has 0 fully saturated rings. The van der Waals surface area contributed by atoms with E-state index < -0.39 is 0 Å². The molecule has 0 spiro atoms. The van der Waals surface area contributed by atoms with Crippen molar-refractivity contribution in [2.75, 3.05) is 5.73 Å². The number of aryl methyl sites for hydroxylation is 1. The molecule has 0 aliphatic rings. The first-order valence-electron chi connectivity index (χ1n) is 5.62. The number of hydrogen-bond donors (Lipinski definition) is 2. The van der Waals surface area contributed by atoms with E-state index in [1.54, 1.807) is 24.5 Å². The summed E-state index contributed by atoms with van der Waals surface area (Å²) in [7, 11) is 0. The third-order valence-corrected chi connectivity index (χ3v) is 2.80. The number of rotatable bonds is 2. The van der Waals surface area contributed by atoms with Crippen molar-refractivity contribution in [3.05, 3.63) is 36.3 Å². The Morgan fingerprint density at radius 1 is 1.26 bits per heavy atom. The molecule has 19 heavy (non-hydrogen) atoms. The third-order valence-electron chi connectivity index (χ3n) is 2.80. The lowest BCUT2D eigenvalue weighted by molar-refractivity contribution is 0.431. The van der Waals surface area contributed by atoms with E-state index in [0.29, 0.717) is 28.7 Å². The molecule has 0 amide bonds. The van der Waals surface area contributed by atoms with Crippen molar-refractivity contribution in [1.82, 2.24) is 10.1 Å². The molecular formula is C13H11N3O3. The number of anilines is 1. The lowest BCUT2D eigenvalue weighted by Gasteiger charge is -1.99. The van der Waals surface area contributed by atoms with Gasteiger partial charge in [0.2, 0.25) is 5.82 Å². The third kappa shape index (κ3) is 1.93. The summed E-state index contributed by atoms with van der Waals surface area (Å²) in [5.41, 5.74) is 7.22. The number of aromatic nitrogens is 2. The second-order valence-corrected chi connectivity index (χ2v) is 4.09. The predicted octanol–water partition coefficient (Wildman–Crippen LogP) is 2.59. The quantitative estimate of drug-likeness (QED) is 0.540. The topological polar surface area (TPSA) is 98.3 Å². The summed E-state index contributed by atoms with van der Waals surface area (Å²) < 4.78 is 10.4. The van der Waals surface area contributed by atoms with E-state index >= 15 is 0 Å². The average Bonchev–Trinajstić information content (AvgIpc) is 3.01. The summed E-state index contributed by atoms with van der Waals surface area (Å²) in [6, 6.07) is 6.53. The minimum atomic E-state index is -0.0169. The number of nitrogens with zero attached hydrogens (tertiary/aromatic N) is 2. The first-order chi connectivity index (χ1) is 9.15. The summed E-state index contributed by atoms with van der Waals surface area (Å²) >= 11 is 0. The van der Waals surface area contributed by atoms with Gasteiger partial charge in [0.25, 0.3) is 5.89 Å². The van der Waals surface area contributed by atoms with E-state index in [1.165, 1.54) is 6.07 Å². The molecule has 3 rings (SSSR count). The Kier molecular flexibility index (Phi) is 2.49.